The Hall–Kier alpha value is -7.03. The Morgan fingerprint density at radius 3 is 1.74 bits per heavy atom. The molecule has 3 aliphatic carbocycles. The van der Waals surface area contributed by atoms with Crippen molar-refractivity contribution in [2.24, 2.45) is 30.6 Å². The van der Waals surface area contributed by atoms with E-state index in [1.54, 1.807) is 0 Å². The van der Waals surface area contributed by atoms with Crippen LogP contribution >= 0.6 is 0 Å². The minimum absolute atomic E-state index is 0.335. The third-order valence-corrected chi connectivity index (χ3v) is 28.5. The molecule has 3 saturated carbocycles. The average molecular weight is 1060 g/mol. The minimum atomic E-state index is -3.72. The molecule has 8 aromatic carbocycles. The first-order chi connectivity index (χ1) is 38.8. The van der Waals surface area contributed by atoms with Crippen molar-refractivity contribution in [1.29, 1.82) is 0 Å². The van der Waals surface area contributed by atoms with Crippen LogP contribution in [-0.2, 0) is 6.98 Å². The zero-order chi connectivity index (χ0) is 53.1. The van der Waals surface area contributed by atoms with Crippen molar-refractivity contribution in [3.63, 3.8) is 0 Å². The van der Waals surface area contributed by atoms with Gasteiger partial charge in [0.25, 0.3) is 0 Å². The summed E-state index contributed by atoms with van der Waals surface area (Å²) in [5.41, 5.74) is 6.63. The molecule has 76 heavy (non-hydrogen) atoms. The van der Waals surface area contributed by atoms with Crippen LogP contribution in [0.1, 0.15) is 87.6 Å². The molecule has 7 heteroatoms. The first-order valence-electron chi connectivity index (χ1n) is 30.0. The van der Waals surface area contributed by atoms with Crippen molar-refractivity contribution >= 4 is 80.8 Å². The molecule has 380 valence electrons. The van der Waals surface area contributed by atoms with Crippen LogP contribution in [0.5, 0.6) is 11.5 Å². The van der Waals surface area contributed by atoms with Crippen molar-refractivity contribution in [2.75, 3.05) is 16.5 Å². The molecule has 0 saturated heterocycles. The third-order valence-electron chi connectivity index (χ3n) is 18.5. The summed E-state index contributed by atoms with van der Waals surface area (Å²) in [5, 5.41) is 2.01. The molecular weight excluding hydrogens is 987 g/mol. The molecule has 10 aromatic rings. The zero-order valence-electron chi connectivity index (χ0n) is 46.5. The molecule has 3 heterocycles. The number of hydrogen-bond acceptors (Lipinski definition) is 4. The fourth-order valence-electron chi connectivity index (χ4n) is 15.2. The Bertz CT molecular complexity index is 3670. The topological polar surface area (TPSA) is 38.5 Å². The summed E-state index contributed by atoms with van der Waals surface area (Å²) in [5.74, 6) is 4.85. The van der Waals surface area contributed by atoms with E-state index in [0.29, 0.717) is 28.8 Å². The number of rotatable bonds is 11. The van der Waals surface area contributed by atoms with Gasteiger partial charge in [-0.1, -0.05) is 82.8 Å². The van der Waals surface area contributed by atoms with Crippen LogP contribution in [-0.4, -0.2) is 40.1 Å². The van der Waals surface area contributed by atoms with Crippen molar-refractivity contribution in [1.82, 2.24) is 14.1 Å². The molecule has 0 amide bonds. The van der Waals surface area contributed by atoms with Crippen LogP contribution in [0.2, 0.25) is 0 Å². The average Bonchev–Trinajstić information content (AvgIpc) is 4.30. The van der Waals surface area contributed by atoms with E-state index in [1.165, 1.54) is 117 Å². The number of nitrogens with zero attached hydrogens (tertiary/aromatic N) is 5. The molecule has 2 aromatic heterocycles. The van der Waals surface area contributed by atoms with Crippen molar-refractivity contribution in [3.8, 4) is 17.4 Å². The van der Waals surface area contributed by atoms with Gasteiger partial charge in [-0.15, -0.1) is 0 Å². The molecule has 14 rings (SSSR count). The summed E-state index contributed by atoms with van der Waals surface area (Å²) in [6, 6.07) is 72.3. The van der Waals surface area contributed by atoms with Crippen LogP contribution in [0.3, 0.4) is 0 Å². The maximum absolute atomic E-state index is 8.96. The van der Waals surface area contributed by atoms with Gasteiger partial charge in [0.15, 0.2) is 0 Å². The predicted octanol–water partition coefficient (Wildman–Crippen LogP) is 14.7. The molecule has 3 fully saturated rings. The van der Waals surface area contributed by atoms with Crippen LogP contribution in [0, 0.1) is 23.7 Å². The van der Waals surface area contributed by atoms with E-state index in [4.69, 9.17) is 13.8 Å². The quantitative estimate of drug-likeness (QED) is 0.121. The zero-order valence-corrected chi connectivity index (χ0v) is 45.6. The van der Waals surface area contributed by atoms with Gasteiger partial charge in [0.1, 0.15) is 0 Å². The summed E-state index contributed by atoms with van der Waals surface area (Å²) in [4.78, 5) is 10.6. The van der Waals surface area contributed by atoms with E-state index in [9.17, 15) is 0 Å². The van der Waals surface area contributed by atoms with E-state index in [2.05, 4.69) is 190 Å². The molecule has 0 radical (unpaired) electrons. The monoisotopic (exact) mass is 1060 g/mol. The van der Waals surface area contributed by atoms with E-state index in [1.807, 2.05) is 24.3 Å². The van der Waals surface area contributed by atoms with E-state index >= 15 is 0 Å². The van der Waals surface area contributed by atoms with Crippen molar-refractivity contribution in [3.05, 3.63) is 200 Å². The number of aromatic nitrogens is 3. The van der Waals surface area contributed by atoms with E-state index in [-0.39, 0.29) is 0 Å². The molecule has 4 aliphatic rings. The molecule has 2 atom stereocenters. The molecule has 6 nitrogen and oxygen atoms in total. The summed E-state index contributed by atoms with van der Waals surface area (Å²) in [7, 11) is 0. The first-order valence-corrected chi connectivity index (χ1v) is 32.7. The second-order valence-corrected chi connectivity index (χ2v) is 30.5. The maximum atomic E-state index is 8.96. The number of ether oxygens (including phenoxy) is 1. The van der Waals surface area contributed by atoms with Gasteiger partial charge < -0.3 is 4.90 Å². The normalized spacial score (nSPS) is 20.4. The summed E-state index contributed by atoms with van der Waals surface area (Å²) in [6.07, 6.45) is 18.0. The van der Waals surface area contributed by atoms with Gasteiger partial charge in [0.05, 0.1) is 18.0 Å². The Morgan fingerprint density at radius 2 is 1.08 bits per heavy atom. The number of fused-ring (bicyclic) bond motifs is 5. The Balaban J connectivity index is 0.884. The van der Waals surface area contributed by atoms with Gasteiger partial charge in [-0.25, -0.2) is 0 Å². The number of para-hydroxylation sites is 4. The van der Waals surface area contributed by atoms with Crippen LogP contribution in [0.15, 0.2) is 200 Å². The SMILES string of the molecule is [2H]C([2H])([2H])n1c(-n2c3cc[c]([Ge]([c]4ccccc4)([c]4ccccc4)[c]4ccccc4)cc3c3ccc(Oc4cccc(N5CN(C6C(C7CCCCC7)CCCC6C6CCCCC6)c6ccccc65)c4)cc32)nc2ccccc21. The van der Waals surface area contributed by atoms with Crippen molar-refractivity contribution in [2.45, 2.75) is 89.5 Å². The first kappa shape index (κ1) is 44.1. The standard InChI is InChI=1S/C69H69GeN5O/c1-72-64-38-18-17-37-62(64)71-69(72)75-63-44-41-54(70(51-27-11-4-12-28-51,52-29-13-5-14-30-52)53-31-15-6-16-32-53)45-61(63)60-43-42-57(47-67(60)75)76-56-34-21-33-55(46-56)73-48-74(66-40-20-19-39-65(66)73)68-58(49-23-7-2-8-24-49)35-22-36-59(68)50-25-9-3-10-26-50/h4-6,11-21,27-34,37-47,49-50,58-59,68H,2-3,7-10,22-26,35-36,48H2,1H3/i1D3. The third kappa shape index (κ3) is 8.16. The van der Waals surface area contributed by atoms with Gasteiger partial charge in [-0.3, -0.25) is 0 Å². The van der Waals surface area contributed by atoms with Gasteiger partial charge in [-0.05, 0) is 48.6 Å². The summed E-state index contributed by atoms with van der Waals surface area (Å²) in [6.45, 7) is -1.68. The van der Waals surface area contributed by atoms with Crippen molar-refractivity contribution < 1.29 is 8.85 Å². The fraction of sp³-hybridized carbons (Fsp3) is 0.290. The molecular formula is C69H69GeN5O. The number of imidazole rings is 1. The van der Waals surface area contributed by atoms with Gasteiger partial charge in [-0.2, -0.15) is 0 Å². The van der Waals surface area contributed by atoms with Crippen LogP contribution in [0.25, 0.3) is 38.8 Å². The van der Waals surface area contributed by atoms with Gasteiger partial charge in [0, 0.05) is 6.04 Å². The molecule has 2 unspecified atom stereocenters. The molecule has 0 spiro atoms. The van der Waals surface area contributed by atoms with E-state index < -0.39 is 20.2 Å². The second-order valence-electron chi connectivity index (χ2n) is 22.5. The second kappa shape index (κ2) is 20.2. The predicted molar refractivity (Wildman–Crippen MR) is 319 cm³/mol. The van der Waals surface area contributed by atoms with E-state index in [0.717, 1.165) is 63.6 Å². The van der Waals surface area contributed by atoms with Crippen LogP contribution < -0.4 is 32.1 Å². The van der Waals surface area contributed by atoms with Crippen LogP contribution in [0.4, 0.5) is 17.1 Å². The number of anilines is 3. The number of aryl methyl sites for hydroxylation is 1. The summed E-state index contributed by atoms with van der Waals surface area (Å²) < 4.78 is 42.6. The number of hydrogen-bond donors (Lipinski definition) is 0. The Morgan fingerprint density at radius 1 is 0.474 bits per heavy atom. The fourth-order valence-corrected chi connectivity index (χ4v) is 25.2. The molecule has 0 bridgehead atoms. The Labute approximate surface area is 455 Å². The van der Waals surface area contributed by atoms with Gasteiger partial charge >= 0.3 is 298 Å². The molecule has 1 aliphatic heterocycles. The summed E-state index contributed by atoms with van der Waals surface area (Å²) >= 11 is -3.72. The Kier molecular flexibility index (Phi) is 11.7. The number of benzene rings is 8. The molecule has 0 N–H and O–H groups in total. The van der Waals surface area contributed by atoms with Gasteiger partial charge in [0.2, 0.25) is 0 Å².